The van der Waals surface area contributed by atoms with Gasteiger partial charge in [-0.05, 0) is 70.4 Å². The van der Waals surface area contributed by atoms with Crippen molar-refractivity contribution in [2.45, 2.75) is 65.5 Å². The highest BCUT2D eigenvalue weighted by molar-refractivity contribution is 6.07. The second-order valence-corrected chi connectivity index (χ2v) is 11.5. The van der Waals surface area contributed by atoms with Crippen molar-refractivity contribution >= 4 is 11.6 Å². The monoisotopic (exact) mass is 601 g/mol. The molecule has 3 heterocycles. The van der Waals surface area contributed by atoms with Crippen LogP contribution in [-0.4, -0.2) is 55.9 Å². The maximum atomic E-state index is 14.0. The number of amides is 1. The zero-order valence-electron chi connectivity index (χ0n) is 26.2. The molecule has 10 heteroatoms. The number of anilines is 1. The number of aryl methyl sites for hydroxylation is 1. The fourth-order valence-corrected chi connectivity index (χ4v) is 5.36. The Morgan fingerprint density at radius 2 is 1.93 bits per heavy atom. The minimum Gasteiger partial charge on any atom is -0.491 e. The van der Waals surface area contributed by atoms with E-state index < -0.39 is 17.4 Å². The molecule has 0 saturated carbocycles. The van der Waals surface area contributed by atoms with E-state index in [1.807, 2.05) is 25.2 Å². The van der Waals surface area contributed by atoms with Gasteiger partial charge in [0.05, 0.1) is 18.5 Å². The number of hydrogen-bond acceptors (Lipinski definition) is 7. The zero-order valence-corrected chi connectivity index (χ0v) is 26.2. The number of aliphatic hydroxyl groups excluding tert-OH is 1. The first kappa shape index (κ1) is 32.6. The fraction of sp³-hybridized carbons (Fsp3) is 0.412. The number of pyridine rings is 1. The van der Waals surface area contributed by atoms with Gasteiger partial charge in [0.1, 0.15) is 0 Å². The smallest absolute Gasteiger partial charge is 0.297 e. The van der Waals surface area contributed by atoms with E-state index in [0.717, 1.165) is 24.1 Å². The quantitative estimate of drug-likeness (QED) is 0.261. The van der Waals surface area contributed by atoms with Crippen LogP contribution < -0.4 is 15.2 Å². The maximum Gasteiger partial charge on any atom is 0.297 e. The molecule has 3 aromatic rings. The number of aromatic nitrogens is 4. The maximum absolute atomic E-state index is 14.0. The average molecular weight is 602 g/mol. The number of benzene rings is 1. The third-order valence-electron chi connectivity index (χ3n) is 7.94. The highest BCUT2D eigenvalue weighted by Crippen LogP contribution is 2.46. The number of allylic oxidation sites excluding steroid dienone is 4. The van der Waals surface area contributed by atoms with E-state index in [4.69, 9.17) is 9.84 Å². The molecule has 2 N–H and O–H groups in total. The fourth-order valence-electron chi connectivity index (χ4n) is 5.36. The summed E-state index contributed by atoms with van der Waals surface area (Å²) >= 11 is 0. The number of aliphatic hydroxyl groups is 2. The van der Waals surface area contributed by atoms with E-state index in [-0.39, 0.29) is 17.9 Å². The molecule has 1 aromatic carbocycles. The molecule has 0 bridgehead atoms. The number of methoxy groups -OCH3 is 1. The van der Waals surface area contributed by atoms with Crippen LogP contribution in [-0.2, 0) is 23.4 Å². The molecule has 0 spiro atoms. The van der Waals surface area contributed by atoms with Crippen LogP contribution in [0.3, 0.4) is 0 Å². The van der Waals surface area contributed by atoms with Gasteiger partial charge in [0.2, 0.25) is 0 Å². The number of carbonyl (C=O) groups excluding carboxylic acids is 1. The lowest BCUT2D eigenvalue weighted by molar-refractivity contribution is -0.139. The van der Waals surface area contributed by atoms with Crippen molar-refractivity contribution in [2.24, 2.45) is 5.92 Å². The molecule has 0 radical (unpaired) electrons. The Bertz CT molecular complexity index is 1610. The summed E-state index contributed by atoms with van der Waals surface area (Å²) in [6, 6.07) is 8.61. The van der Waals surface area contributed by atoms with E-state index in [1.54, 1.807) is 52.3 Å². The van der Waals surface area contributed by atoms with E-state index in [2.05, 4.69) is 37.2 Å². The second-order valence-electron chi connectivity index (χ2n) is 11.5. The van der Waals surface area contributed by atoms with E-state index in [1.165, 1.54) is 17.3 Å². The van der Waals surface area contributed by atoms with Crippen molar-refractivity contribution in [3.63, 3.8) is 0 Å². The molecule has 4 rings (SSSR count). The van der Waals surface area contributed by atoms with Crippen LogP contribution in [0, 0.1) is 5.92 Å². The Hall–Kier alpha value is -4.28. The number of fused-ring (bicyclic) bond motifs is 1. The molecule has 0 unspecified atom stereocenters. The predicted molar refractivity (Wildman–Crippen MR) is 171 cm³/mol. The van der Waals surface area contributed by atoms with E-state index in [0.29, 0.717) is 42.9 Å². The molecule has 0 fully saturated rings. The molecule has 2 atom stereocenters. The highest BCUT2D eigenvalue weighted by atomic mass is 16.5. The van der Waals surface area contributed by atoms with Crippen LogP contribution in [0.15, 0.2) is 83.0 Å². The van der Waals surface area contributed by atoms with Gasteiger partial charge < -0.3 is 19.8 Å². The molecular formula is C34H43N5O5. The summed E-state index contributed by atoms with van der Waals surface area (Å²) < 4.78 is 8.38. The Morgan fingerprint density at radius 3 is 2.66 bits per heavy atom. The molecule has 1 amide bonds. The van der Waals surface area contributed by atoms with Crippen LogP contribution in [0.1, 0.15) is 58.2 Å². The lowest BCUT2D eigenvalue weighted by Crippen LogP contribution is -2.44. The van der Waals surface area contributed by atoms with E-state index >= 15 is 0 Å². The first-order valence-electron chi connectivity index (χ1n) is 15.0. The van der Waals surface area contributed by atoms with E-state index in [9.17, 15) is 14.7 Å². The minimum atomic E-state index is -1.84. The lowest BCUT2D eigenvalue weighted by Gasteiger charge is -2.27. The Kier molecular flexibility index (Phi) is 10.7. The molecule has 0 saturated heterocycles. The van der Waals surface area contributed by atoms with Crippen LogP contribution >= 0.6 is 0 Å². The average Bonchev–Trinajstić information content (AvgIpc) is 3.54. The number of nitrogens with zero attached hydrogens (tertiary/aromatic N) is 5. The summed E-state index contributed by atoms with van der Waals surface area (Å²) in [6.07, 6.45) is 14.3. The van der Waals surface area contributed by atoms with Gasteiger partial charge in [0.15, 0.2) is 11.4 Å². The highest BCUT2D eigenvalue weighted by Gasteiger charge is 2.52. The second kappa shape index (κ2) is 14.5. The van der Waals surface area contributed by atoms with Gasteiger partial charge in [-0.25, -0.2) is 0 Å². The summed E-state index contributed by atoms with van der Waals surface area (Å²) in [5.74, 6) is -0.778. The van der Waals surface area contributed by atoms with Gasteiger partial charge in [0, 0.05) is 55.7 Å². The van der Waals surface area contributed by atoms with Crippen molar-refractivity contribution < 1.29 is 19.7 Å². The van der Waals surface area contributed by atoms with Crippen LogP contribution in [0.25, 0.3) is 5.69 Å². The summed E-state index contributed by atoms with van der Waals surface area (Å²) in [7, 11) is 1.44. The third kappa shape index (κ3) is 7.09. The van der Waals surface area contributed by atoms with Gasteiger partial charge in [-0.2, -0.15) is 0 Å². The number of ether oxygens (including phenoxy) is 1. The lowest BCUT2D eigenvalue weighted by atomic mass is 9.82. The Morgan fingerprint density at radius 1 is 1.14 bits per heavy atom. The SMILES string of the molecule is COc1cccn(-c2ccc3c(c2)[C@](O)([C@@H](C)/C=C/CCn2cc(CCO)nn2)C(=O)N3C/C=C(\C)CCC=C(C)C)c1=O. The van der Waals surface area contributed by atoms with Crippen LogP contribution in [0.2, 0.25) is 0 Å². The predicted octanol–water partition coefficient (Wildman–Crippen LogP) is 4.48. The Balaban J connectivity index is 1.64. The Labute approximate surface area is 258 Å². The molecule has 44 heavy (non-hydrogen) atoms. The molecular weight excluding hydrogens is 558 g/mol. The van der Waals surface area contributed by atoms with Crippen molar-refractivity contribution in [1.82, 2.24) is 19.6 Å². The van der Waals surface area contributed by atoms with Gasteiger partial charge in [-0.1, -0.05) is 47.6 Å². The first-order valence-corrected chi connectivity index (χ1v) is 15.0. The topological polar surface area (TPSA) is 123 Å². The minimum absolute atomic E-state index is 0.0145. The van der Waals surface area contributed by atoms with Crippen molar-refractivity contribution in [1.29, 1.82) is 0 Å². The number of hydrogen-bond donors (Lipinski definition) is 2. The molecule has 10 nitrogen and oxygen atoms in total. The van der Waals surface area contributed by atoms with Crippen LogP contribution in [0.5, 0.6) is 5.75 Å². The number of rotatable bonds is 14. The molecule has 1 aliphatic rings. The zero-order chi connectivity index (χ0) is 31.9. The molecule has 2 aromatic heterocycles. The van der Waals surface area contributed by atoms with Crippen molar-refractivity contribution in [3.05, 3.63) is 99.8 Å². The van der Waals surface area contributed by atoms with Gasteiger partial charge >= 0.3 is 0 Å². The first-order chi connectivity index (χ1) is 21.1. The normalized spacial score (nSPS) is 17.3. The summed E-state index contributed by atoms with van der Waals surface area (Å²) in [6.45, 7) is 8.93. The molecule has 234 valence electrons. The van der Waals surface area contributed by atoms with Gasteiger partial charge in [-0.3, -0.25) is 18.8 Å². The summed E-state index contributed by atoms with van der Waals surface area (Å²) in [5.41, 5.74) is 2.57. The van der Waals surface area contributed by atoms with Crippen molar-refractivity contribution in [3.8, 4) is 11.4 Å². The summed E-state index contributed by atoms with van der Waals surface area (Å²) in [5, 5.41) is 29.4. The van der Waals surface area contributed by atoms with Gasteiger partial charge in [0.25, 0.3) is 11.5 Å². The third-order valence-corrected chi connectivity index (χ3v) is 7.94. The summed E-state index contributed by atoms with van der Waals surface area (Å²) in [4.78, 5) is 28.7. The van der Waals surface area contributed by atoms with Gasteiger partial charge in [-0.15, -0.1) is 5.10 Å². The van der Waals surface area contributed by atoms with Crippen molar-refractivity contribution in [2.75, 3.05) is 25.2 Å². The molecule has 1 aliphatic heterocycles. The van der Waals surface area contributed by atoms with Crippen LogP contribution in [0.4, 0.5) is 5.69 Å². The number of carbonyl (C=O) groups is 1. The largest absolute Gasteiger partial charge is 0.491 e. The molecule has 0 aliphatic carbocycles. The standard InChI is InChI=1S/C34H43N5O5/c1-24(2)10-8-11-25(3)16-20-39-30-15-14-28(38-19-9-13-31(44-5)32(38)41)22-29(30)34(43,33(39)42)26(4)12-6-7-18-37-23-27(17-21-40)35-36-37/h6,9-10,12-16,19,22-23,26,40,43H,7-8,11,17-18,20-21H2,1-5H3/b12-6+,25-16+/t26-,34+/m0/s1.